The number of carboxylic acid groups (broad SMARTS) is 1. The van der Waals surface area contributed by atoms with Gasteiger partial charge >= 0.3 is 5.97 Å². The first kappa shape index (κ1) is 14.9. The van der Waals surface area contributed by atoms with Gasteiger partial charge in [-0.15, -0.1) is 0 Å². The highest BCUT2D eigenvalue weighted by atomic mass is 16.5. The van der Waals surface area contributed by atoms with E-state index >= 15 is 0 Å². The molecule has 0 aliphatic carbocycles. The van der Waals surface area contributed by atoms with Crippen LogP contribution < -0.4 is 15.8 Å². The molecule has 0 aromatic heterocycles. The van der Waals surface area contributed by atoms with Crippen LogP contribution in [0.5, 0.6) is 5.75 Å². The predicted molar refractivity (Wildman–Crippen MR) is 67.0 cm³/mol. The van der Waals surface area contributed by atoms with E-state index in [-0.39, 0.29) is 24.5 Å². The topological polar surface area (TPSA) is 122 Å². The maximum absolute atomic E-state index is 10.9. The van der Waals surface area contributed by atoms with Crippen molar-refractivity contribution in [2.45, 2.75) is 6.10 Å². The van der Waals surface area contributed by atoms with Gasteiger partial charge in [0, 0.05) is 13.1 Å². The molecule has 1 amide bonds. The fourth-order valence-corrected chi connectivity index (χ4v) is 1.34. The minimum absolute atomic E-state index is 0.0271. The van der Waals surface area contributed by atoms with Crippen molar-refractivity contribution in [1.29, 1.82) is 0 Å². The van der Waals surface area contributed by atoms with Crippen LogP contribution in [-0.4, -0.2) is 47.9 Å². The second-order valence-electron chi connectivity index (χ2n) is 3.77. The molecule has 0 bridgehead atoms. The lowest BCUT2D eigenvalue weighted by atomic mass is 10.2. The highest BCUT2D eigenvalue weighted by molar-refractivity contribution is 5.90. The Balaban J connectivity index is 2.34. The van der Waals surface area contributed by atoms with E-state index in [9.17, 15) is 9.59 Å². The molecule has 0 aliphatic heterocycles. The monoisotopic (exact) mass is 268 g/mol. The van der Waals surface area contributed by atoms with E-state index in [1.54, 1.807) is 18.2 Å². The first-order chi connectivity index (χ1) is 9.02. The lowest BCUT2D eigenvalue weighted by Crippen LogP contribution is -2.38. The molecule has 104 valence electrons. The third-order valence-electron chi connectivity index (χ3n) is 2.32. The number of ether oxygens (including phenoxy) is 1. The number of carbonyl (C=O) groups excluding carboxylic acids is 1. The van der Waals surface area contributed by atoms with Crippen molar-refractivity contribution in [3.63, 3.8) is 0 Å². The van der Waals surface area contributed by atoms with Crippen LogP contribution in [0.3, 0.4) is 0 Å². The summed E-state index contributed by atoms with van der Waals surface area (Å²) in [5.74, 6) is -1.59. The lowest BCUT2D eigenvalue weighted by molar-refractivity contribution is -0.125. The molecule has 1 aromatic carbocycles. The second-order valence-corrected chi connectivity index (χ2v) is 3.77. The number of aliphatic hydroxyl groups excluding tert-OH is 1. The van der Waals surface area contributed by atoms with Gasteiger partial charge in [0.2, 0.25) is 5.91 Å². The lowest BCUT2D eigenvalue weighted by Gasteiger charge is -2.11. The van der Waals surface area contributed by atoms with Crippen molar-refractivity contribution < 1.29 is 24.5 Å². The normalized spacial score (nSPS) is 11.8. The molecule has 1 atom stereocenters. The van der Waals surface area contributed by atoms with Crippen molar-refractivity contribution in [3.8, 4) is 5.75 Å². The van der Waals surface area contributed by atoms with E-state index < -0.39 is 18.0 Å². The van der Waals surface area contributed by atoms with E-state index in [4.69, 9.17) is 20.7 Å². The van der Waals surface area contributed by atoms with Gasteiger partial charge in [-0.3, -0.25) is 4.79 Å². The maximum atomic E-state index is 10.9. The number of amides is 1. The molecule has 1 unspecified atom stereocenters. The quantitative estimate of drug-likeness (QED) is 0.458. The molecule has 19 heavy (non-hydrogen) atoms. The number of para-hydroxylation sites is 1. The Morgan fingerprint density at radius 3 is 2.68 bits per heavy atom. The number of hydrogen-bond donors (Lipinski definition) is 4. The van der Waals surface area contributed by atoms with E-state index in [0.29, 0.717) is 6.54 Å². The average molecular weight is 268 g/mol. The fourth-order valence-electron chi connectivity index (χ4n) is 1.34. The Kier molecular flexibility index (Phi) is 5.77. The van der Waals surface area contributed by atoms with E-state index in [1.165, 1.54) is 6.07 Å². The number of rotatable bonds is 8. The second kappa shape index (κ2) is 7.34. The van der Waals surface area contributed by atoms with Gasteiger partial charge in [-0.25, -0.2) is 4.79 Å². The minimum atomic E-state index is -1.24. The third-order valence-corrected chi connectivity index (χ3v) is 2.32. The molecule has 1 aromatic rings. The van der Waals surface area contributed by atoms with Gasteiger partial charge in [-0.2, -0.15) is 0 Å². The smallest absolute Gasteiger partial charge is 0.339 e. The van der Waals surface area contributed by atoms with Crippen LogP contribution in [0.25, 0.3) is 0 Å². The van der Waals surface area contributed by atoms with Gasteiger partial charge in [0.25, 0.3) is 0 Å². The zero-order valence-electron chi connectivity index (χ0n) is 10.2. The molecule has 0 radical (unpaired) electrons. The number of carboxylic acids is 1. The van der Waals surface area contributed by atoms with Crippen molar-refractivity contribution >= 4 is 11.9 Å². The zero-order chi connectivity index (χ0) is 14.3. The van der Waals surface area contributed by atoms with Gasteiger partial charge in [0.1, 0.15) is 24.0 Å². The number of nitrogens with one attached hydrogen (secondary N) is 1. The molecule has 0 aliphatic rings. The van der Waals surface area contributed by atoms with Crippen LogP contribution in [0.1, 0.15) is 10.4 Å². The maximum Gasteiger partial charge on any atom is 0.339 e. The molecular formula is C12H16N2O5. The van der Waals surface area contributed by atoms with E-state index in [0.717, 1.165) is 0 Å². The highest BCUT2D eigenvalue weighted by Gasteiger charge is 2.11. The summed E-state index contributed by atoms with van der Waals surface area (Å²) in [5, 5.41) is 20.8. The van der Waals surface area contributed by atoms with Crippen LogP contribution >= 0.6 is 0 Å². The number of aromatic carboxylic acids is 1. The first-order valence-corrected chi connectivity index (χ1v) is 5.65. The summed E-state index contributed by atoms with van der Waals surface area (Å²) in [4.78, 5) is 21.4. The Labute approximate surface area is 110 Å². The molecule has 0 spiro atoms. The number of carbonyl (C=O) groups is 2. The largest absolute Gasteiger partial charge is 0.491 e. The Bertz CT molecular complexity index is 450. The number of nitrogens with two attached hydrogens (primary N) is 1. The first-order valence-electron chi connectivity index (χ1n) is 5.65. The van der Waals surface area contributed by atoms with Crippen LogP contribution in [-0.2, 0) is 4.79 Å². The molecule has 0 heterocycles. The third kappa shape index (κ3) is 4.94. The molecule has 5 N–H and O–H groups in total. The number of benzene rings is 1. The molecular weight excluding hydrogens is 252 g/mol. The predicted octanol–water partition coefficient (Wildman–Crippen LogP) is -0.801. The van der Waals surface area contributed by atoms with Crippen LogP contribution in [0.15, 0.2) is 24.3 Å². The summed E-state index contributed by atoms with van der Waals surface area (Å²) in [5.41, 5.74) is 4.95. The number of primary amides is 1. The fraction of sp³-hybridized carbons (Fsp3) is 0.333. The molecule has 0 fully saturated rings. The molecule has 7 heteroatoms. The van der Waals surface area contributed by atoms with Crippen molar-refractivity contribution in [3.05, 3.63) is 29.8 Å². The molecule has 0 saturated heterocycles. The minimum Gasteiger partial charge on any atom is -0.491 e. The van der Waals surface area contributed by atoms with Crippen molar-refractivity contribution in [2.24, 2.45) is 5.73 Å². The van der Waals surface area contributed by atoms with Crippen LogP contribution in [0, 0.1) is 0 Å². The zero-order valence-corrected chi connectivity index (χ0v) is 10.2. The van der Waals surface area contributed by atoms with Crippen LogP contribution in [0.4, 0.5) is 0 Å². The summed E-state index contributed by atoms with van der Waals surface area (Å²) in [7, 11) is 0. The Hall–Kier alpha value is -2.12. The van der Waals surface area contributed by atoms with Crippen molar-refractivity contribution in [1.82, 2.24) is 5.32 Å². The van der Waals surface area contributed by atoms with Gasteiger partial charge in [-0.05, 0) is 12.1 Å². The summed E-state index contributed by atoms with van der Waals surface area (Å²) < 4.78 is 5.30. The molecule has 1 rings (SSSR count). The standard InChI is InChI=1S/C12H16N2O5/c13-11(16)9(15)7-14-5-6-19-10-4-2-1-3-8(10)12(17)18/h1-4,9,14-15H,5-7H2,(H2,13,16)(H,17,18). The Morgan fingerprint density at radius 1 is 1.37 bits per heavy atom. The SMILES string of the molecule is NC(=O)C(O)CNCCOc1ccccc1C(=O)O. The number of hydrogen-bond acceptors (Lipinski definition) is 5. The van der Waals surface area contributed by atoms with E-state index in [1.807, 2.05) is 0 Å². The summed E-state index contributed by atoms with van der Waals surface area (Å²) in [6.07, 6.45) is -1.24. The Morgan fingerprint density at radius 2 is 2.05 bits per heavy atom. The van der Waals surface area contributed by atoms with Gasteiger partial charge in [0.05, 0.1) is 0 Å². The molecule has 0 saturated carbocycles. The summed E-state index contributed by atoms with van der Waals surface area (Å²) in [6.45, 7) is 0.577. The van der Waals surface area contributed by atoms with Gasteiger partial charge < -0.3 is 26.0 Å². The average Bonchev–Trinajstić information content (AvgIpc) is 2.38. The van der Waals surface area contributed by atoms with Crippen molar-refractivity contribution in [2.75, 3.05) is 19.7 Å². The molecule has 7 nitrogen and oxygen atoms in total. The van der Waals surface area contributed by atoms with E-state index in [2.05, 4.69) is 5.32 Å². The van der Waals surface area contributed by atoms with Gasteiger partial charge in [0.15, 0.2) is 0 Å². The summed E-state index contributed by atoms with van der Waals surface area (Å²) >= 11 is 0. The highest BCUT2D eigenvalue weighted by Crippen LogP contribution is 2.17. The van der Waals surface area contributed by atoms with Gasteiger partial charge in [-0.1, -0.05) is 12.1 Å². The summed E-state index contributed by atoms with van der Waals surface area (Å²) in [6, 6.07) is 6.29. The number of aliphatic hydroxyl groups is 1. The van der Waals surface area contributed by atoms with Crippen LogP contribution in [0.2, 0.25) is 0 Å².